The highest BCUT2D eigenvalue weighted by Crippen LogP contribution is 2.45. The first-order valence-corrected chi connectivity index (χ1v) is 44.0. The van der Waals surface area contributed by atoms with Gasteiger partial charge in [-0.15, -0.1) is 0 Å². The van der Waals surface area contributed by atoms with E-state index < -0.39 is 97.5 Å². The van der Waals surface area contributed by atoms with E-state index in [0.29, 0.717) is 25.7 Å². The molecule has 0 aliphatic carbocycles. The molecule has 5 unspecified atom stereocenters. The summed E-state index contributed by atoms with van der Waals surface area (Å²) in [4.78, 5) is 72.8. The molecule has 0 saturated heterocycles. The van der Waals surface area contributed by atoms with Crippen LogP contribution in [0, 0.1) is 17.8 Å². The van der Waals surface area contributed by atoms with Gasteiger partial charge in [0.15, 0.2) is 12.2 Å². The highest BCUT2D eigenvalue weighted by Gasteiger charge is 2.30. The van der Waals surface area contributed by atoms with Crippen molar-refractivity contribution in [1.82, 2.24) is 0 Å². The second-order valence-electron chi connectivity index (χ2n) is 29.2. The van der Waals surface area contributed by atoms with E-state index in [1.165, 1.54) is 212 Å². The molecule has 0 aromatic rings. The third-order valence-corrected chi connectivity index (χ3v) is 21.4. The molecule has 0 aromatic heterocycles. The second kappa shape index (κ2) is 69.4. The number of hydrogen-bond acceptors (Lipinski definition) is 15. The minimum Gasteiger partial charge on any atom is -0.462 e. The predicted molar refractivity (Wildman–Crippen MR) is 400 cm³/mol. The summed E-state index contributed by atoms with van der Waals surface area (Å²) in [7, 11) is -9.91. The van der Waals surface area contributed by atoms with Crippen LogP contribution in [-0.4, -0.2) is 96.7 Å². The van der Waals surface area contributed by atoms with Crippen LogP contribution in [0.5, 0.6) is 0 Å². The van der Waals surface area contributed by atoms with Gasteiger partial charge < -0.3 is 33.8 Å². The first kappa shape index (κ1) is 96.1. The molecule has 17 nitrogen and oxygen atoms in total. The topological polar surface area (TPSA) is 237 Å². The van der Waals surface area contributed by atoms with Crippen LogP contribution >= 0.6 is 15.6 Å². The van der Waals surface area contributed by atoms with Crippen molar-refractivity contribution in [3.05, 3.63) is 0 Å². The molecular formula is C79H154O17P2. The molecule has 0 aromatic carbocycles. The first-order chi connectivity index (χ1) is 47.3. The van der Waals surface area contributed by atoms with Gasteiger partial charge in [-0.25, -0.2) is 9.13 Å². The Morgan fingerprint density at radius 1 is 0.286 bits per heavy atom. The summed E-state index contributed by atoms with van der Waals surface area (Å²) < 4.78 is 68.5. The number of carbonyl (C=O) groups excluding carboxylic acids is 4. The number of carbonyl (C=O) groups is 4. The van der Waals surface area contributed by atoms with Crippen LogP contribution in [0.3, 0.4) is 0 Å². The van der Waals surface area contributed by atoms with Crippen LogP contribution in [0.25, 0.3) is 0 Å². The van der Waals surface area contributed by atoms with Crippen LogP contribution in [0.2, 0.25) is 0 Å². The fraction of sp³-hybridized carbons (Fsp3) is 0.949. The third-order valence-electron chi connectivity index (χ3n) is 19.5. The summed E-state index contributed by atoms with van der Waals surface area (Å²) in [5.41, 5.74) is 0. The van der Waals surface area contributed by atoms with Crippen LogP contribution in [-0.2, 0) is 65.4 Å². The van der Waals surface area contributed by atoms with Crippen LogP contribution < -0.4 is 0 Å². The fourth-order valence-electron chi connectivity index (χ4n) is 12.0. The second-order valence-corrected chi connectivity index (χ2v) is 32.1. The molecule has 0 saturated carbocycles. The van der Waals surface area contributed by atoms with E-state index in [2.05, 4.69) is 48.5 Å². The summed E-state index contributed by atoms with van der Waals surface area (Å²) in [6, 6.07) is 0. The Kier molecular flexibility index (Phi) is 68.1. The van der Waals surface area contributed by atoms with Gasteiger partial charge in [0.2, 0.25) is 0 Å². The third kappa shape index (κ3) is 68.5. The minimum absolute atomic E-state index is 0.103. The Balaban J connectivity index is 5.17. The normalized spacial score (nSPS) is 14.8. The summed E-state index contributed by atoms with van der Waals surface area (Å²) in [5, 5.41) is 10.6. The molecule has 8 atom stereocenters. The molecule has 0 radical (unpaired) electrons. The van der Waals surface area contributed by atoms with Crippen molar-refractivity contribution >= 4 is 39.5 Å². The molecule has 0 rings (SSSR count). The monoisotopic (exact) mass is 1440 g/mol. The van der Waals surface area contributed by atoms with Crippen molar-refractivity contribution in [2.45, 2.75) is 426 Å². The fourth-order valence-corrected chi connectivity index (χ4v) is 13.6. The zero-order valence-corrected chi connectivity index (χ0v) is 66.0. The van der Waals surface area contributed by atoms with Gasteiger partial charge in [-0.05, 0) is 43.4 Å². The largest absolute Gasteiger partial charge is 0.472 e. The van der Waals surface area contributed by atoms with Crippen LogP contribution in [0.15, 0.2) is 0 Å². The van der Waals surface area contributed by atoms with Crippen LogP contribution in [0.1, 0.15) is 408 Å². The Morgan fingerprint density at radius 3 is 0.724 bits per heavy atom. The molecule has 19 heteroatoms. The van der Waals surface area contributed by atoms with Gasteiger partial charge in [0.1, 0.15) is 19.3 Å². The van der Waals surface area contributed by atoms with E-state index in [1.54, 1.807) is 0 Å². The van der Waals surface area contributed by atoms with Gasteiger partial charge in [0.05, 0.1) is 26.4 Å². The van der Waals surface area contributed by atoms with Gasteiger partial charge in [-0.2, -0.15) is 0 Å². The zero-order valence-electron chi connectivity index (χ0n) is 64.3. The molecule has 0 amide bonds. The number of rotatable bonds is 77. The lowest BCUT2D eigenvalue weighted by molar-refractivity contribution is -0.161. The molecule has 582 valence electrons. The molecule has 0 spiro atoms. The Hall–Kier alpha value is -1.94. The number of phosphoric ester groups is 2. The van der Waals surface area contributed by atoms with Gasteiger partial charge in [0.25, 0.3) is 0 Å². The summed E-state index contributed by atoms with van der Waals surface area (Å²) in [6.07, 6.45) is 57.0. The maximum atomic E-state index is 13.1. The van der Waals surface area contributed by atoms with E-state index >= 15 is 0 Å². The molecule has 0 aliphatic rings. The van der Waals surface area contributed by atoms with E-state index in [9.17, 15) is 43.2 Å². The highest BCUT2D eigenvalue weighted by molar-refractivity contribution is 7.47. The lowest BCUT2D eigenvalue weighted by Gasteiger charge is -2.21. The molecule has 98 heavy (non-hydrogen) atoms. The van der Waals surface area contributed by atoms with Crippen molar-refractivity contribution < 1.29 is 80.2 Å². The summed E-state index contributed by atoms with van der Waals surface area (Å²) in [5.74, 6) is 0.321. The molecule has 0 fully saturated rings. The first-order valence-electron chi connectivity index (χ1n) is 41.0. The van der Waals surface area contributed by atoms with Gasteiger partial charge in [-0.1, -0.05) is 357 Å². The Labute approximate surface area is 600 Å². The van der Waals surface area contributed by atoms with E-state index in [0.717, 1.165) is 114 Å². The number of aliphatic hydroxyl groups excluding tert-OH is 1. The number of phosphoric acid groups is 2. The number of hydrogen-bond donors (Lipinski definition) is 3. The van der Waals surface area contributed by atoms with E-state index in [-0.39, 0.29) is 25.7 Å². The zero-order chi connectivity index (χ0) is 72.3. The lowest BCUT2D eigenvalue weighted by Crippen LogP contribution is -2.30. The van der Waals surface area contributed by atoms with E-state index in [1.807, 2.05) is 0 Å². The summed E-state index contributed by atoms with van der Waals surface area (Å²) >= 11 is 0. The number of aliphatic hydroxyl groups is 1. The maximum absolute atomic E-state index is 13.1. The van der Waals surface area contributed by atoms with Gasteiger partial charge in [-0.3, -0.25) is 37.3 Å². The predicted octanol–water partition coefficient (Wildman–Crippen LogP) is 23.4. The molecule has 0 heterocycles. The average Bonchev–Trinajstić information content (AvgIpc) is 0.947. The van der Waals surface area contributed by atoms with Crippen LogP contribution in [0.4, 0.5) is 0 Å². The van der Waals surface area contributed by atoms with Gasteiger partial charge >= 0.3 is 39.5 Å². The van der Waals surface area contributed by atoms with Crippen molar-refractivity contribution in [3.63, 3.8) is 0 Å². The SMILES string of the molecule is CCCCCCCCCCC(=O)OC[C@H](COP(=O)(O)OC[C@H](O)COP(=O)(O)OC[C@@H](COC(=O)CCCCCCCCCCCCCCCCC(C)CC)OC(=O)CCCCCCCCCCCCCCCCCCCCC(C)CC)OC(=O)CCCCCCCCC(C)CC. The Bertz CT molecular complexity index is 1910. The smallest absolute Gasteiger partial charge is 0.462 e. The number of ether oxygens (including phenoxy) is 4. The molecule has 3 N–H and O–H groups in total. The Morgan fingerprint density at radius 2 is 0.490 bits per heavy atom. The molecular weight excluding hydrogens is 1280 g/mol. The average molecular weight is 1440 g/mol. The van der Waals surface area contributed by atoms with Gasteiger partial charge in [0, 0.05) is 25.7 Å². The van der Waals surface area contributed by atoms with E-state index in [4.69, 9.17) is 37.0 Å². The van der Waals surface area contributed by atoms with Crippen molar-refractivity contribution in [1.29, 1.82) is 0 Å². The lowest BCUT2D eigenvalue weighted by atomic mass is 9.99. The van der Waals surface area contributed by atoms with Crippen molar-refractivity contribution in [3.8, 4) is 0 Å². The maximum Gasteiger partial charge on any atom is 0.472 e. The number of unbranched alkanes of at least 4 members (excludes halogenated alkanes) is 42. The van der Waals surface area contributed by atoms with Crippen molar-refractivity contribution in [2.24, 2.45) is 17.8 Å². The molecule has 0 aliphatic heterocycles. The summed E-state index contributed by atoms with van der Waals surface area (Å²) in [6.45, 7) is 12.0. The van der Waals surface area contributed by atoms with Crippen molar-refractivity contribution in [2.75, 3.05) is 39.6 Å². The number of esters is 4. The quantitative estimate of drug-likeness (QED) is 0.0222. The standard InChI is InChI=1S/C79H154O17P2/c1-8-12-13-14-15-38-46-53-60-76(81)89-67-75(96-79(84)63-56-49-42-41-45-52-59-72(7)11-4)69-94-98(87,88)92-65-73(80)64-91-97(85,86)93-68-74(66-90-77(82)61-54-47-39-34-30-26-23-22-25-29-33-37-44-51-58-71(6)10-3)95-78(83)62-55-48-40-35-31-27-21-19-17-16-18-20-24-28-32-36-43-50-57-70(5)9-2/h70-75,80H,8-69H2,1-7H3,(H,85,86)(H,87,88)/t70?,71?,72?,73-,74-,75-/m1/s1. The molecule has 0 bridgehead atoms. The minimum atomic E-state index is -4.96. The highest BCUT2D eigenvalue weighted by atomic mass is 31.2.